The van der Waals surface area contributed by atoms with E-state index in [0.29, 0.717) is 27.8 Å². The van der Waals surface area contributed by atoms with Crippen molar-refractivity contribution in [3.63, 3.8) is 0 Å². The van der Waals surface area contributed by atoms with E-state index in [1.165, 1.54) is 18.7 Å². The first-order chi connectivity index (χ1) is 12.1. The van der Waals surface area contributed by atoms with Crippen LogP contribution >= 0.6 is 11.8 Å². The standard InChI is InChI=1S/C17H16N2O5S/c1-10(24-17(21)12-4-3-7-18-16(12)25-2)15(20)19-11-5-6-13-14(8-11)23-9-22-13/h3-8,10H,9H2,1-2H3,(H,19,20)/t10-/m1/s1. The normalized spacial score (nSPS) is 13.2. The number of rotatable bonds is 5. The monoisotopic (exact) mass is 360 g/mol. The number of esters is 1. The van der Waals surface area contributed by atoms with Crippen molar-refractivity contribution in [3.05, 3.63) is 42.1 Å². The molecule has 0 unspecified atom stereocenters. The van der Waals surface area contributed by atoms with Gasteiger partial charge in [0.25, 0.3) is 5.91 Å². The number of ether oxygens (including phenoxy) is 3. The molecule has 1 aromatic carbocycles. The highest BCUT2D eigenvalue weighted by Gasteiger charge is 2.22. The summed E-state index contributed by atoms with van der Waals surface area (Å²) in [5.41, 5.74) is 0.862. The molecule has 1 N–H and O–H groups in total. The molecule has 1 amide bonds. The summed E-state index contributed by atoms with van der Waals surface area (Å²) >= 11 is 1.33. The maximum Gasteiger partial charge on any atom is 0.341 e. The lowest BCUT2D eigenvalue weighted by molar-refractivity contribution is -0.123. The van der Waals surface area contributed by atoms with E-state index in [1.807, 2.05) is 6.26 Å². The van der Waals surface area contributed by atoms with Crippen molar-refractivity contribution in [2.75, 3.05) is 18.4 Å². The highest BCUT2D eigenvalue weighted by Crippen LogP contribution is 2.34. The number of carbonyl (C=O) groups is 2. The third-order valence-corrected chi connectivity index (χ3v) is 4.19. The topological polar surface area (TPSA) is 86.8 Å². The number of anilines is 1. The minimum atomic E-state index is -0.965. The van der Waals surface area contributed by atoms with Crippen molar-refractivity contribution in [1.29, 1.82) is 0 Å². The highest BCUT2D eigenvalue weighted by atomic mass is 32.2. The summed E-state index contributed by atoms with van der Waals surface area (Å²) in [4.78, 5) is 28.6. The van der Waals surface area contributed by atoms with Crippen molar-refractivity contribution in [3.8, 4) is 11.5 Å². The second-order valence-electron chi connectivity index (χ2n) is 5.17. The molecule has 1 aromatic heterocycles. The van der Waals surface area contributed by atoms with Crippen molar-refractivity contribution < 1.29 is 23.8 Å². The van der Waals surface area contributed by atoms with Crippen molar-refractivity contribution in [1.82, 2.24) is 4.98 Å². The molecule has 8 heteroatoms. The Hall–Kier alpha value is -2.74. The number of carbonyl (C=O) groups excluding carboxylic acids is 2. The Balaban J connectivity index is 1.63. The number of nitrogens with one attached hydrogen (secondary N) is 1. The summed E-state index contributed by atoms with van der Waals surface area (Å²) in [7, 11) is 0. The number of thioether (sulfide) groups is 1. The van der Waals surface area contributed by atoms with Crippen LogP contribution in [-0.4, -0.2) is 36.0 Å². The van der Waals surface area contributed by atoms with E-state index in [0.717, 1.165) is 0 Å². The van der Waals surface area contributed by atoms with Crippen LogP contribution in [0.4, 0.5) is 5.69 Å². The smallest absolute Gasteiger partial charge is 0.341 e. The molecule has 2 heterocycles. The average Bonchev–Trinajstić information content (AvgIpc) is 3.09. The lowest BCUT2D eigenvalue weighted by atomic mass is 10.2. The van der Waals surface area contributed by atoms with Gasteiger partial charge in [0, 0.05) is 18.0 Å². The molecule has 0 saturated carbocycles. The lowest BCUT2D eigenvalue weighted by Gasteiger charge is -2.14. The molecule has 130 valence electrons. The van der Waals surface area contributed by atoms with Gasteiger partial charge in [-0.15, -0.1) is 11.8 Å². The van der Waals surface area contributed by atoms with Gasteiger partial charge in [-0.3, -0.25) is 4.79 Å². The van der Waals surface area contributed by atoms with Gasteiger partial charge in [-0.1, -0.05) is 0 Å². The van der Waals surface area contributed by atoms with Crippen LogP contribution in [0.15, 0.2) is 41.6 Å². The van der Waals surface area contributed by atoms with Gasteiger partial charge in [-0.05, 0) is 37.4 Å². The molecule has 1 aliphatic rings. The summed E-state index contributed by atoms with van der Waals surface area (Å²) in [5, 5.41) is 3.24. The first kappa shape index (κ1) is 17.1. The molecule has 0 saturated heterocycles. The van der Waals surface area contributed by atoms with Crippen LogP contribution in [0.2, 0.25) is 0 Å². The molecule has 0 aliphatic carbocycles. The number of nitrogens with zero attached hydrogens (tertiary/aromatic N) is 1. The molecule has 0 radical (unpaired) electrons. The van der Waals surface area contributed by atoms with Crippen LogP contribution < -0.4 is 14.8 Å². The van der Waals surface area contributed by atoms with Gasteiger partial charge in [0.05, 0.1) is 5.56 Å². The van der Waals surface area contributed by atoms with E-state index in [-0.39, 0.29) is 6.79 Å². The van der Waals surface area contributed by atoms with E-state index in [4.69, 9.17) is 14.2 Å². The molecule has 7 nitrogen and oxygen atoms in total. The summed E-state index contributed by atoms with van der Waals surface area (Å²) in [5.74, 6) is 0.147. The Kier molecular flexibility index (Phi) is 5.08. The van der Waals surface area contributed by atoms with Crippen molar-refractivity contribution in [2.45, 2.75) is 18.1 Å². The molecule has 25 heavy (non-hydrogen) atoms. The number of hydrogen-bond donors (Lipinski definition) is 1. The fourth-order valence-electron chi connectivity index (χ4n) is 2.20. The van der Waals surface area contributed by atoms with Gasteiger partial charge >= 0.3 is 5.97 Å². The Bertz CT molecular complexity index is 811. The number of amides is 1. The van der Waals surface area contributed by atoms with Gasteiger partial charge in [0.15, 0.2) is 17.6 Å². The number of hydrogen-bond acceptors (Lipinski definition) is 7. The van der Waals surface area contributed by atoms with Crippen LogP contribution in [0.1, 0.15) is 17.3 Å². The molecule has 2 aromatic rings. The summed E-state index contributed by atoms with van der Waals surface area (Å²) in [6.07, 6.45) is 2.45. The maximum atomic E-state index is 12.3. The van der Waals surface area contributed by atoms with Crippen LogP contribution in [0.3, 0.4) is 0 Å². The third-order valence-electron chi connectivity index (χ3n) is 3.48. The molecule has 0 fully saturated rings. The molecule has 0 spiro atoms. The zero-order chi connectivity index (χ0) is 17.8. The average molecular weight is 360 g/mol. The van der Waals surface area contributed by atoms with E-state index in [1.54, 1.807) is 36.5 Å². The van der Waals surface area contributed by atoms with Gasteiger partial charge in [-0.25, -0.2) is 9.78 Å². The summed E-state index contributed by atoms with van der Waals surface area (Å²) in [6.45, 7) is 1.67. The minimum Gasteiger partial charge on any atom is -0.454 e. The van der Waals surface area contributed by atoms with Crippen LogP contribution in [0.5, 0.6) is 11.5 Å². The van der Waals surface area contributed by atoms with E-state index in [9.17, 15) is 9.59 Å². The first-order valence-corrected chi connectivity index (χ1v) is 8.71. The van der Waals surface area contributed by atoms with E-state index in [2.05, 4.69) is 10.3 Å². The molecule has 1 atom stereocenters. The molecular formula is C17H16N2O5S. The highest BCUT2D eigenvalue weighted by molar-refractivity contribution is 7.98. The maximum absolute atomic E-state index is 12.3. The van der Waals surface area contributed by atoms with Gasteiger partial charge in [-0.2, -0.15) is 0 Å². The fourth-order valence-corrected chi connectivity index (χ4v) is 2.74. The van der Waals surface area contributed by atoms with E-state index < -0.39 is 18.0 Å². The van der Waals surface area contributed by atoms with Crippen molar-refractivity contribution in [2.24, 2.45) is 0 Å². The number of pyridine rings is 1. The Morgan fingerprint density at radius 3 is 2.88 bits per heavy atom. The quantitative estimate of drug-likeness (QED) is 0.648. The fraction of sp³-hybridized carbons (Fsp3) is 0.235. The van der Waals surface area contributed by atoms with E-state index >= 15 is 0 Å². The van der Waals surface area contributed by atoms with Gasteiger partial charge in [0.2, 0.25) is 6.79 Å². The van der Waals surface area contributed by atoms with Gasteiger partial charge in [0.1, 0.15) is 5.03 Å². The number of benzene rings is 1. The molecule has 3 rings (SSSR count). The number of aromatic nitrogens is 1. The van der Waals surface area contributed by atoms with Crippen molar-refractivity contribution >= 4 is 29.3 Å². The van der Waals surface area contributed by atoms with Crippen LogP contribution in [0, 0.1) is 0 Å². The Morgan fingerprint density at radius 1 is 1.28 bits per heavy atom. The minimum absolute atomic E-state index is 0.156. The molecular weight excluding hydrogens is 344 g/mol. The zero-order valence-electron chi connectivity index (χ0n) is 13.6. The Labute approximate surface area is 148 Å². The first-order valence-electron chi connectivity index (χ1n) is 7.49. The van der Waals surface area contributed by atoms with Gasteiger partial charge < -0.3 is 19.5 Å². The zero-order valence-corrected chi connectivity index (χ0v) is 14.5. The molecule has 1 aliphatic heterocycles. The second-order valence-corrected chi connectivity index (χ2v) is 5.96. The predicted molar refractivity (Wildman–Crippen MR) is 92.1 cm³/mol. The van der Waals surface area contributed by atoms with Crippen LogP contribution in [0.25, 0.3) is 0 Å². The summed E-state index contributed by atoms with van der Waals surface area (Å²) < 4.78 is 15.7. The SMILES string of the molecule is CSc1ncccc1C(=O)O[C@H](C)C(=O)Nc1ccc2c(c1)OCO2. The Morgan fingerprint density at radius 2 is 2.08 bits per heavy atom. The number of fused-ring (bicyclic) bond motifs is 1. The third kappa shape index (κ3) is 3.85. The predicted octanol–water partition coefficient (Wildman–Crippen LogP) is 2.72. The molecule has 0 bridgehead atoms. The van der Waals surface area contributed by atoms with Crippen LogP contribution in [-0.2, 0) is 9.53 Å². The largest absolute Gasteiger partial charge is 0.454 e. The second kappa shape index (κ2) is 7.43. The lowest BCUT2D eigenvalue weighted by Crippen LogP contribution is -2.30. The summed E-state index contributed by atoms with van der Waals surface area (Å²) in [6, 6.07) is 8.31.